The van der Waals surface area contributed by atoms with Crippen molar-refractivity contribution in [2.75, 3.05) is 26.8 Å². The Kier molecular flexibility index (Phi) is 7.79. The van der Waals surface area contributed by atoms with Crippen molar-refractivity contribution in [2.45, 2.75) is 19.4 Å². The van der Waals surface area contributed by atoms with Gasteiger partial charge in [-0.2, -0.15) is 0 Å². The third-order valence-corrected chi connectivity index (χ3v) is 2.21. The predicted octanol–water partition coefficient (Wildman–Crippen LogP) is 0.694. The lowest BCUT2D eigenvalue weighted by Crippen LogP contribution is -2.48. The van der Waals surface area contributed by atoms with Crippen LogP contribution < -0.4 is 5.32 Å². The number of nitrogens with one attached hydrogen (secondary N) is 1. The molecule has 98 valence electrons. The zero-order chi connectivity index (χ0) is 13.3. The lowest BCUT2D eigenvalue weighted by Gasteiger charge is -2.23. The van der Waals surface area contributed by atoms with Crippen LogP contribution >= 0.6 is 0 Å². The summed E-state index contributed by atoms with van der Waals surface area (Å²) in [5, 5.41) is 11.3. The normalized spacial score (nSPS) is 11.6. The van der Waals surface area contributed by atoms with Crippen LogP contribution in [-0.2, 0) is 9.53 Å². The van der Waals surface area contributed by atoms with E-state index in [0.717, 1.165) is 0 Å². The van der Waals surface area contributed by atoms with Crippen LogP contribution in [0.15, 0.2) is 12.7 Å². The summed E-state index contributed by atoms with van der Waals surface area (Å²) >= 11 is 0. The molecule has 1 atom stereocenters. The van der Waals surface area contributed by atoms with E-state index in [2.05, 4.69) is 11.9 Å². The van der Waals surface area contributed by atoms with Gasteiger partial charge in [0.15, 0.2) is 0 Å². The standard InChI is InChI=1S/C11H20N2O4/c1-4-6-13(7-8-17-3)11(16)12-9(5-2)10(14)15/h4,9H,1,5-8H2,2-3H3,(H,12,16)(H,14,15). The van der Waals surface area contributed by atoms with Gasteiger partial charge in [0.05, 0.1) is 6.61 Å². The van der Waals surface area contributed by atoms with Crippen molar-refractivity contribution in [1.82, 2.24) is 10.2 Å². The number of ether oxygens (including phenoxy) is 1. The van der Waals surface area contributed by atoms with Crippen molar-refractivity contribution in [1.29, 1.82) is 0 Å². The molecule has 1 unspecified atom stereocenters. The number of methoxy groups -OCH3 is 1. The minimum Gasteiger partial charge on any atom is -0.480 e. The molecular weight excluding hydrogens is 224 g/mol. The lowest BCUT2D eigenvalue weighted by molar-refractivity contribution is -0.139. The van der Waals surface area contributed by atoms with Crippen LogP contribution in [0.4, 0.5) is 4.79 Å². The number of carboxylic acids is 1. The van der Waals surface area contributed by atoms with E-state index in [-0.39, 0.29) is 0 Å². The zero-order valence-corrected chi connectivity index (χ0v) is 10.3. The van der Waals surface area contributed by atoms with Crippen molar-refractivity contribution in [2.24, 2.45) is 0 Å². The second-order valence-electron chi connectivity index (χ2n) is 3.48. The average molecular weight is 244 g/mol. The molecule has 0 rings (SSSR count). The molecular formula is C11H20N2O4. The maximum atomic E-state index is 11.8. The van der Waals surface area contributed by atoms with Gasteiger partial charge in [0, 0.05) is 20.2 Å². The smallest absolute Gasteiger partial charge is 0.326 e. The van der Waals surface area contributed by atoms with E-state index in [0.29, 0.717) is 26.1 Å². The van der Waals surface area contributed by atoms with E-state index >= 15 is 0 Å². The number of carboxylic acid groups (broad SMARTS) is 1. The highest BCUT2D eigenvalue weighted by Gasteiger charge is 2.20. The lowest BCUT2D eigenvalue weighted by atomic mass is 10.2. The largest absolute Gasteiger partial charge is 0.480 e. The van der Waals surface area contributed by atoms with Crippen molar-refractivity contribution in [3.05, 3.63) is 12.7 Å². The van der Waals surface area contributed by atoms with Crippen LogP contribution in [0.25, 0.3) is 0 Å². The van der Waals surface area contributed by atoms with Gasteiger partial charge in [-0.1, -0.05) is 13.0 Å². The Hall–Kier alpha value is -1.56. The highest BCUT2D eigenvalue weighted by Crippen LogP contribution is 1.96. The molecule has 0 aromatic carbocycles. The number of carbonyl (C=O) groups is 2. The van der Waals surface area contributed by atoms with Gasteiger partial charge in [-0.15, -0.1) is 6.58 Å². The predicted molar refractivity (Wildman–Crippen MR) is 63.9 cm³/mol. The highest BCUT2D eigenvalue weighted by atomic mass is 16.5. The number of carbonyl (C=O) groups excluding carboxylic acids is 1. The first-order valence-electron chi connectivity index (χ1n) is 5.44. The van der Waals surface area contributed by atoms with E-state index in [9.17, 15) is 9.59 Å². The molecule has 0 radical (unpaired) electrons. The summed E-state index contributed by atoms with van der Waals surface area (Å²) in [4.78, 5) is 24.0. The quantitative estimate of drug-likeness (QED) is 0.616. The first-order valence-corrected chi connectivity index (χ1v) is 5.44. The Morgan fingerprint density at radius 1 is 1.59 bits per heavy atom. The van der Waals surface area contributed by atoms with Gasteiger partial charge < -0.3 is 20.1 Å². The summed E-state index contributed by atoms with van der Waals surface area (Å²) in [6.07, 6.45) is 1.92. The van der Waals surface area contributed by atoms with Gasteiger partial charge in [0.1, 0.15) is 6.04 Å². The molecule has 0 aromatic rings. The maximum absolute atomic E-state index is 11.8. The minimum atomic E-state index is -1.04. The Morgan fingerprint density at radius 3 is 2.65 bits per heavy atom. The Balaban J connectivity index is 4.38. The van der Waals surface area contributed by atoms with Crippen LogP contribution in [0.5, 0.6) is 0 Å². The molecule has 0 fully saturated rings. The Morgan fingerprint density at radius 2 is 2.24 bits per heavy atom. The number of amides is 2. The summed E-state index contributed by atoms with van der Waals surface area (Å²) < 4.78 is 4.88. The average Bonchev–Trinajstić information content (AvgIpc) is 2.30. The molecule has 6 nitrogen and oxygen atoms in total. The number of nitrogens with zero attached hydrogens (tertiary/aromatic N) is 1. The van der Waals surface area contributed by atoms with Crippen molar-refractivity contribution in [3.8, 4) is 0 Å². The molecule has 0 bridgehead atoms. The molecule has 2 N–H and O–H groups in total. The van der Waals surface area contributed by atoms with Crippen molar-refractivity contribution in [3.63, 3.8) is 0 Å². The van der Waals surface area contributed by atoms with Crippen LogP contribution in [-0.4, -0.2) is 54.9 Å². The van der Waals surface area contributed by atoms with Gasteiger partial charge >= 0.3 is 12.0 Å². The number of hydrogen-bond acceptors (Lipinski definition) is 3. The van der Waals surface area contributed by atoms with Crippen LogP contribution in [0.1, 0.15) is 13.3 Å². The van der Waals surface area contributed by atoms with Crippen molar-refractivity contribution < 1.29 is 19.4 Å². The van der Waals surface area contributed by atoms with Gasteiger partial charge in [0.25, 0.3) is 0 Å². The second kappa shape index (κ2) is 8.58. The fourth-order valence-corrected chi connectivity index (χ4v) is 1.21. The molecule has 0 saturated heterocycles. The van der Waals surface area contributed by atoms with Gasteiger partial charge in [-0.25, -0.2) is 9.59 Å². The fraction of sp³-hybridized carbons (Fsp3) is 0.636. The van der Waals surface area contributed by atoms with Gasteiger partial charge in [0.2, 0.25) is 0 Å². The molecule has 0 saturated carbocycles. The summed E-state index contributed by atoms with van der Waals surface area (Å²) in [7, 11) is 1.54. The van der Waals surface area contributed by atoms with Crippen molar-refractivity contribution >= 4 is 12.0 Å². The molecule has 17 heavy (non-hydrogen) atoms. The summed E-state index contributed by atoms with van der Waals surface area (Å²) in [6, 6.07) is -1.28. The maximum Gasteiger partial charge on any atom is 0.326 e. The molecule has 2 amide bonds. The second-order valence-corrected chi connectivity index (χ2v) is 3.48. The topological polar surface area (TPSA) is 78.9 Å². The Bertz CT molecular complexity index is 268. The SMILES string of the molecule is C=CCN(CCOC)C(=O)NC(CC)C(=O)O. The van der Waals surface area contributed by atoms with E-state index in [1.807, 2.05) is 0 Å². The van der Waals surface area contributed by atoms with Gasteiger partial charge in [-0.3, -0.25) is 0 Å². The number of urea groups is 1. The van der Waals surface area contributed by atoms with Crippen LogP contribution in [0.2, 0.25) is 0 Å². The zero-order valence-electron chi connectivity index (χ0n) is 10.3. The molecule has 0 spiro atoms. The van der Waals surface area contributed by atoms with E-state index in [1.165, 1.54) is 12.0 Å². The molecule has 0 heterocycles. The summed E-state index contributed by atoms with van der Waals surface area (Å²) in [6.45, 7) is 6.39. The summed E-state index contributed by atoms with van der Waals surface area (Å²) in [5.41, 5.74) is 0. The van der Waals surface area contributed by atoms with E-state index in [1.54, 1.807) is 13.0 Å². The summed E-state index contributed by atoms with van der Waals surface area (Å²) in [5.74, 6) is -1.04. The fourth-order valence-electron chi connectivity index (χ4n) is 1.21. The highest BCUT2D eigenvalue weighted by molar-refractivity contribution is 5.82. The van der Waals surface area contributed by atoms with E-state index < -0.39 is 18.0 Å². The first-order chi connectivity index (χ1) is 8.06. The molecule has 0 aromatic heterocycles. The third-order valence-electron chi connectivity index (χ3n) is 2.21. The monoisotopic (exact) mass is 244 g/mol. The first kappa shape index (κ1) is 15.4. The molecule has 0 aliphatic carbocycles. The van der Waals surface area contributed by atoms with Gasteiger partial charge in [-0.05, 0) is 6.42 Å². The van der Waals surface area contributed by atoms with Crippen LogP contribution in [0.3, 0.4) is 0 Å². The molecule has 6 heteroatoms. The number of hydrogen-bond donors (Lipinski definition) is 2. The van der Waals surface area contributed by atoms with E-state index in [4.69, 9.17) is 9.84 Å². The molecule has 0 aliphatic heterocycles. The molecule has 0 aliphatic rings. The van der Waals surface area contributed by atoms with Crippen LogP contribution in [0, 0.1) is 0 Å². The third kappa shape index (κ3) is 5.91. The number of aliphatic carboxylic acids is 1. The minimum absolute atomic E-state index is 0.341. The number of rotatable bonds is 8. The Labute approximate surface area is 101 Å².